The molecule has 2 aliphatic rings. The summed E-state index contributed by atoms with van der Waals surface area (Å²) in [5.74, 6) is -0.302. The van der Waals surface area contributed by atoms with Crippen LogP contribution in [-0.2, 0) is 9.59 Å². The number of likely N-dealkylation sites (tertiary alicyclic amines) is 1. The number of rotatable bonds is 4. The van der Waals surface area contributed by atoms with E-state index in [0.717, 1.165) is 12.1 Å². The van der Waals surface area contributed by atoms with E-state index < -0.39 is 6.04 Å². The van der Waals surface area contributed by atoms with Gasteiger partial charge < -0.3 is 15.1 Å². The van der Waals surface area contributed by atoms with Gasteiger partial charge in [-0.3, -0.25) is 14.5 Å². The predicted molar refractivity (Wildman–Crippen MR) is 89.6 cm³/mol. The zero-order chi connectivity index (χ0) is 17.1. The van der Waals surface area contributed by atoms with Gasteiger partial charge >= 0.3 is 6.03 Å². The summed E-state index contributed by atoms with van der Waals surface area (Å²) in [6.07, 6.45) is 1.49. The summed E-state index contributed by atoms with van der Waals surface area (Å²) >= 11 is 0. The summed E-state index contributed by atoms with van der Waals surface area (Å²) in [5.41, 5.74) is 0.835. The summed E-state index contributed by atoms with van der Waals surface area (Å²) in [4.78, 5) is 41.8. The van der Waals surface area contributed by atoms with Gasteiger partial charge in [-0.1, -0.05) is 18.2 Å². The molecule has 2 aliphatic heterocycles. The molecule has 0 aromatic heterocycles. The van der Waals surface area contributed by atoms with Crippen LogP contribution in [0.5, 0.6) is 0 Å². The molecule has 1 unspecified atom stereocenters. The molecule has 24 heavy (non-hydrogen) atoms. The first kappa shape index (κ1) is 16.3. The number of anilines is 1. The number of benzene rings is 1. The van der Waals surface area contributed by atoms with Gasteiger partial charge in [0.05, 0.1) is 0 Å². The lowest BCUT2D eigenvalue weighted by molar-refractivity contribution is -0.138. The van der Waals surface area contributed by atoms with Gasteiger partial charge in [0, 0.05) is 32.4 Å². The van der Waals surface area contributed by atoms with Crippen LogP contribution in [0.15, 0.2) is 30.3 Å². The minimum Gasteiger partial charge on any atom is -0.357 e. The molecule has 4 amide bonds. The third kappa shape index (κ3) is 3.06. The molecule has 1 aromatic carbocycles. The quantitative estimate of drug-likeness (QED) is 0.882. The Morgan fingerprint density at radius 1 is 1.17 bits per heavy atom. The number of urea groups is 1. The molecule has 7 heteroatoms. The van der Waals surface area contributed by atoms with Gasteiger partial charge in [-0.15, -0.1) is 0 Å². The van der Waals surface area contributed by atoms with E-state index in [-0.39, 0.29) is 24.4 Å². The van der Waals surface area contributed by atoms with E-state index >= 15 is 0 Å². The molecule has 0 spiro atoms. The number of nitrogens with zero attached hydrogens (tertiary/aromatic N) is 3. The van der Waals surface area contributed by atoms with Crippen molar-refractivity contribution < 1.29 is 14.4 Å². The third-order valence-electron chi connectivity index (χ3n) is 4.61. The van der Waals surface area contributed by atoms with Crippen LogP contribution in [0.2, 0.25) is 0 Å². The Labute approximate surface area is 141 Å². The summed E-state index contributed by atoms with van der Waals surface area (Å²) < 4.78 is 0. The number of carbonyl (C=O) groups excluding carboxylic acids is 3. The molecule has 1 atom stereocenters. The summed E-state index contributed by atoms with van der Waals surface area (Å²) in [6.45, 7) is 1.67. The van der Waals surface area contributed by atoms with Gasteiger partial charge in [0.1, 0.15) is 12.6 Å². The first-order valence-electron chi connectivity index (χ1n) is 8.24. The van der Waals surface area contributed by atoms with E-state index in [1.807, 2.05) is 30.3 Å². The maximum atomic E-state index is 12.6. The molecule has 0 radical (unpaired) electrons. The summed E-state index contributed by atoms with van der Waals surface area (Å²) in [6, 6.07) is 8.85. The predicted octanol–water partition coefficient (Wildman–Crippen LogP) is 0.666. The van der Waals surface area contributed by atoms with Crippen LogP contribution in [-0.4, -0.2) is 66.9 Å². The number of amides is 4. The van der Waals surface area contributed by atoms with E-state index in [4.69, 9.17) is 0 Å². The average molecular weight is 330 g/mol. The smallest absolute Gasteiger partial charge is 0.325 e. The summed E-state index contributed by atoms with van der Waals surface area (Å²) in [7, 11) is 1.57. The van der Waals surface area contributed by atoms with Crippen molar-refractivity contribution in [2.45, 2.75) is 18.9 Å². The van der Waals surface area contributed by atoms with Crippen molar-refractivity contribution in [3.63, 3.8) is 0 Å². The van der Waals surface area contributed by atoms with Crippen LogP contribution < -0.4 is 10.2 Å². The van der Waals surface area contributed by atoms with Crippen molar-refractivity contribution in [2.75, 3.05) is 38.1 Å². The molecular weight excluding hydrogens is 308 g/mol. The van der Waals surface area contributed by atoms with E-state index in [1.165, 1.54) is 0 Å². The van der Waals surface area contributed by atoms with Crippen LogP contribution >= 0.6 is 0 Å². The Kier molecular flexibility index (Phi) is 4.69. The van der Waals surface area contributed by atoms with Crippen molar-refractivity contribution in [1.29, 1.82) is 0 Å². The number of para-hydroxylation sites is 1. The second kappa shape index (κ2) is 6.90. The first-order chi connectivity index (χ1) is 11.6. The maximum absolute atomic E-state index is 12.6. The number of carbonyl (C=O) groups is 3. The minimum absolute atomic E-state index is 0.0235. The molecule has 3 rings (SSSR count). The number of hydrogen-bond donors (Lipinski definition) is 1. The fourth-order valence-electron chi connectivity index (χ4n) is 3.34. The Bertz CT molecular complexity index is 634. The highest BCUT2D eigenvalue weighted by atomic mass is 16.2. The summed E-state index contributed by atoms with van der Waals surface area (Å²) in [5, 5.41) is 2.60. The van der Waals surface area contributed by atoms with E-state index in [9.17, 15) is 14.4 Å². The second-order valence-electron chi connectivity index (χ2n) is 6.05. The molecular formula is C17H22N4O3. The highest BCUT2D eigenvalue weighted by molar-refractivity contribution is 5.97. The second-order valence-corrected chi connectivity index (χ2v) is 6.05. The highest BCUT2D eigenvalue weighted by Crippen LogP contribution is 2.21. The molecule has 0 saturated carbocycles. The molecule has 0 bridgehead atoms. The van der Waals surface area contributed by atoms with Gasteiger partial charge in [0.15, 0.2) is 0 Å². The van der Waals surface area contributed by atoms with Crippen molar-refractivity contribution in [2.24, 2.45) is 0 Å². The molecule has 7 nitrogen and oxygen atoms in total. The molecule has 1 N–H and O–H groups in total. The van der Waals surface area contributed by atoms with Gasteiger partial charge in [-0.05, 0) is 25.0 Å². The maximum Gasteiger partial charge on any atom is 0.325 e. The lowest BCUT2D eigenvalue weighted by Crippen LogP contribution is -2.48. The fraction of sp³-hybridized carbons (Fsp3) is 0.471. The standard InChI is InChI=1S/C17H22N4O3/c1-18-16(23)14-8-5-9-21(14)15(22)12-19-10-11-20(17(19)24)13-6-3-2-4-7-13/h2-4,6-7,14H,5,8-12H2,1H3,(H,18,23). The highest BCUT2D eigenvalue weighted by Gasteiger charge is 2.37. The van der Waals surface area contributed by atoms with Crippen LogP contribution in [0.3, 0.4) is 0 Å². The molecule has 2 saturated heterocycles. The van der Waals surface area contributed by atoms with Gasteiger partial charge in [-0.25, -0.2) is 4.79 Å². The van der Waals surface area contributed by atoms with Crippen molar-refractivity contribution in [3.8, 4) is 0 Å². The van der Waals surface area contributed by atoms with E-state index in [0.29, 0.717) is 26.1 Å². The number of nitrogens with one attached hydrogen (secondary N) is 1. The topological polar surface area (TPSA) is 73.0 Å². The first-order valence-corrected chi connectivity index (χ1v) is 8.24. The zero-order valence-corrected chi connectivity index (χ0v) is 13.8. The van der Waals surface area contributed by atoms with Crippen molar-refractivity contribution in [1.82, 2.24) is 15.1 Å². The van der Waals surface area contributed by atoms with Crippen LogP contribution in [0.1, 0.15) is 12.8 Å². The monoisotopic (exact) mass is 330 g/mol. The van der Waals surface area contributed by atoms with E-state index in [1.54, 1.807) is 21.7 Å². The third-order valence-corrected chi connectivity index (χ3v) is 4.61. The van der Waals surface area contributed by atoms with Crippen LogP contribution in [0.4, 0.5) is 10.5 Å². The van der Waals surface area contributed by atoms with Crippen molar-refractivity contribution in [3.05, 3.63) is 30.3 Å². The Morgan fingerprint density at radius 2 is 1.92 bits per heavy atom. The normalized spacial score (nSPS) is 20.6. The minimum atomic E-state index is -0.412. The Hall–Kier alpha value is -2.57. The van der Waals surface area contributed by atoms with Gasteiger partial charge in [0.25, 0.3) is 0 Å². The molecule has 0 aliphatic carbocycles. The Balaban J connectivity index is 1.63. The number of hydrogen-bond acceptors (Lipinski definition) is 3. The van der Waals surface area contributed by atoms with Crippen LogP contribution in [0, 0.1) is 0 Å². The lowest BCUT2D eigenvalue weighted by Gasteiger charge is -2.26. The van der Waals surface area contributed by atoms with Crippen LogP contribution in [0.25, 0.3) is 0 Å². The van der Waals surface area contributed by atoms with Gasteiger partial charge in [-0.2, -0.15) is 0 Å². The molecule has 2 heterocycles. The number of likely N-dealkylation sites (N-methyl/N-ethyl adjacent to an activating group) is 1. The molecule has 1 aromatic rings. The largest absolute Gasteiger partial charge is 0.357 e. The average Bonchev–Trinajstić information content (AvgIpc) is 3.23. The molecule has 2 fully saturated rings. The van der Waals surface area contributed by atoms with E-state index in [2.05, 4.69) is 5.32 Å². The SMILES string of the molecule is CNC(=O)C1CCCN1C(=O)CN1CCN(c2ccccc2)C1=O. The lowest BCUT2D eigenvalue weighted by atomic mass is 10.2. The van der Waals surface area contributed by atoms with Gasteiger partial charge in [0.2, 0.25) is 11.8 Å². The van der Waals surface area contributed by atoms with Crippen molar-refractivity contribution >= 4 is 23.5 Å². The zero-order valence-electron chi connectivity index (χ0n) is 13.8. The molecule has 128 valence electrons. The Morgan fingerprint density at radius 3 is 2.62 bits per heavy atom. The fourth-order valence-corrected chi connectivity index (χ4v) is 3.34.